The van der Waals surface area contributed by atoms with Gasteiger partial charge in [0.25, 0.3) is 0 Å². The number of halogens is 3. The molecule has 3 atom stereocenters. The molecule has 0 aliphatic carbocycles. The summed E-state index contributed by atoms with van der Waals surface area (Å²) >= 11 is 0. The Bertz CT molecular complexity index is 1060. The first kappa shape index (κ1) is 24.0. The molecule has 2 aromatic rings. The molecule has 182 valence electrons. The van der Waals surface area contributed by atoms with Crippen LogP contribution in [0, 0.1) is 0 Å². The van der Waals surface area contributed by atoms with E-state index in [0.29, 0.717) is 18.4 Å². The van der Waals surface area contributed by atoms with Gasteiger partial charge in [0.05, 0.1) is 30.4 Å². The van der Waals surface area contributed by atoms with Gasteiger partial charge < -0.3 is 25.8 Å². The minimum Gasteiger partial charge on any atom is -0.389 e. The van der Waals surface area contributed by atoms with Gasteiger partial charge in [0.2, 0.25) is 0 Å². The normalized spacial score (nSPS) is 21.2. The highest BCUT2D eigenvalue weighted by molar-refractivity contribution is 6.35. The third-order valence-corrected chi connectivity index (χ3v) is 6.06. The molecule has 2 aromatic carbocycles. The summed E-state index contributed by atoms with van der Waals surface area (Å²) in [4.78, 5) is 24.0. The third kappa shape index (κ3) is 5.68. The van der Waals surface area contributed by atoms with Crippen LogP contribution in [0.15, 0.2) is 42.5 Å². The number of hydrogen-bond donors (Lipinski definition) is 4. The zero-order chi connectivity index (χ0) is 24.3. The molecular weight excluding hydrogens is 451 g/mol. The van der Waals surface area contributed by atoms with Crippen molar-refractivity contribution in [2.45, 2.75) is 43.7 Å². The molecule has 2 amide bonds. The van der Waals surface area contributed by atoms with Gasteiger partial charge in [-0.05, 0) is 36.1 Å². The topological polar surface area (TPSA) is 99.7 Å². The van der Waals surface area contributed by atoms with Crippen LogP contribution in [0.4, 0.5) is 18.9 Å². The fourth-order valence-electron chi connectivity index (χ4n) is 4.23. The Labute approximate surface area is 194 Å². The van der Waals surface area contributed by atoms with Crippen LogP contribution in [0.1, 0.15) is 34.8 Å². The number of carbonyl (C=O) groups excluding carboxylic acids is 2. The highest BCUT2D eigenvalue weighted by Crippen LogP contribution is 2.39. The van der Waals surface area contributed by atoms with Crippen molar-refractivity contribution in [1.82, 2.24) is 10.6 Å². The van der Waals surface area contributed by atoms with Gasteiger partial charge in [0, 0.05) is 30.8 Å². The molecule has 34 heavy (non-hydrogen) atoms. The molecule has 1 saturated heterocycles. The second-order valence-corrected chi connectivity index (χ2v) is 8.51. The molecule has 0 saturated carbocycles. The number of amides is 2. The van der Waals surface area contributed by atoms with Crippen LogP contribution in [-0.2, 0) is 33.3 Å². The summed E-state index contributed by atoms with van der Waals surface area (Å²) < 4.78 is 44.1. The van der Waals surface area contributed by atoms with Crippen molar-refractivity contribution in [1.29, 1.82) is 0 Å². The summed E-state index contributed by atoms with van der Waals surface area (Å²) in [5.74, 6) is -1.63. The molecule has 0 radical (unpaired) electrons. The molecule has 0 aromatic heterocycles. The fraction of sp³-hybridized carbons (Fsp3) is 0.417. The van der Waals surface area contributed by atoms with E-state index in [-0.39, 0.29) is 38.3 Å². The number of ether oxygens (including phenoxy) is 1. The molecule has 10 heteroatoms. The Balaban J connectivity index is 1.21. The highest BCUT2D eigenvalue weighted by atomic mass is 19.4. The van der Waals surface area contributed by atoms with Crippen molar-refractivity contribution < 1.29 is 32.6 Å². The van der Waals surface area contributed by atoms with Crippen molar-refractivity contribution in [2.24, 2.45) is 0 Å². The Kier molecular flexibility index (Phi) is 7.08. The van der Waals surface area contributed by atoms with Gasteiger partial charge >= 0.3 is 18.0 Å². The van der Waals surface area contributed by atoms with Crippen LogP contribution < -0.4 is 16.0 Å². The number of benzene rings is 2. The lowest BCUT2D eigenvalue weighted by atomic mass is 9.89. The number of fused-ring (bicyclic) bond motifs is 4. The average Bonchev–Trinajstić information content (AvgIpc) is 2.81. The van der Waals surface area contributed by atoms with Crippen molar-refractivity contribution >= 4 is 17.5 Å². The fourth-order valence-corrected chi connectivity index (χ4v) is 4.23. The maximum absolute atomic E-state index is 12.8. The van der Waals surface area contributed by atoms with E-state index in [1.165, 1.54) is 12.1 Å². The highest BCUT2D eigenvalue weighted by Gasteiger charge is 2.36. The standard InChI is InChI=1S/C24H26F3N3O4/c25-24(26,27)16-3-1-2-14(10-16)6-8-28-22(32)23(33)29-9-7-15-4-5-18-17(11-15)21-12-19(30-18)20(31)13-34-21/h1-5,10-11,19-21,30-31H,6-9,12-13H2,(H,28,32)(H,29,33)/t19-,20-,21-/m1/s1. The van der Waals surface area contributed by atoms with Gasteiger partial charge in [0.15, 0.2) is 0 Å². The van der Waals surface area contributed by atoms with Crippen LogP contribution in [0.2, 0.25) is 0 Å². The van der Waals surface area contributed by atoms with Gasteiger partial charge in [-0.1, -0.05) is 30.3 Å². The van der Waals surface area contributed by atoms with E-state index in [2.05, 4.69) is 16.0 Å². The molecular formula is C24H26F3N3O4. The zero-order valence-corrected chi connectivity index (χ0v) is 18.3. The Morgan fingerprint density at radius 2 is 1.71 bits per heavy atom. The lowest BCUT2D eigenvalue weighted by molar-refractivity contribution is -0.139. The second kappa shape index (κ2) is 10.0. The smallest absolute Gasteiger partial charge is 0.389 e. The van der Waals surface area contributed by atoms with E-state index in [1.54, 1.807) is 0 Å². The largest absolute Gasteiger partial charge is 0.416 e. The summed E-state index contributed by atoms with van der Waals surface area (Å²) in [6, 6.07) is 10.7. The maximum Gasteiger partial charge on any atom is 0.416 e. The minimum absolute atomic E-state index is 0.0246. The van der Waals surface area contributed by atoms with Crippen LogP contribution >= 0.6 is 0 Å². The van der Waals surface area contributed by atoms with Crippen LogP contribution in [-0.4, -0.2) is 48.8 Å². The first-order valence-electron chi connectivity index (χ1n) is 11.1. The number of alkyl halides is 3. The Morgan fingerprint density at radius 1 is 1.03 bits per heavy atom. The van der Waals surface area contributed by atoms with Gasteiger partial charge in [-0.3, -0.25) is 9.59 Å². The number of hydrogen-bond acceptors (Lipinski definition) is 5. The first-order valence-corrected chi connectivity index (χ1v) is 11.1. The van der Waals surface area contributed by atoms with Crippen molar-refractivity contribution in [3.63, 3.8) is 0 Å². The summed E-state index contributed by atoms with van der Waals surface area (Å²) in [5, 5.41) is 18.3. The van der Waals surface area contributed by atoms with E-state index in [0.717, 1.165) is 28.9 Å². The van der Waals surface area contributed by atoms with E-state index in [1.807, 2.05) is 18.2 Å². The molecule has 7 nitrogen and oxygen atoms in total. The molecule has 0 spiro atoms. The monoisotopic (exact) mass is 477 g/mol. The Morgan fingerprint density at radius 3 is 2.38 bits per heavy atom. The molecule has 4 rings (SSSR count). The van der Waals surface area contributed by atoms with Gasteiger partial charge in [-0.15, -0.1) is 0 Å². The number of nitrogens with one attached hydrogen (secondary N) is 3. The van der Waals surface area contributed by atoms with Crippen molar-refractivity contribution in [3.05, 3.63) is 64.7 Å². The molecule has 2 aliphatic heterocycles. The molecule has 4 N–H and O–H groups in total. The van der Waals surface area contributed by atoms with E-state index in [4.69, 9.17) is 4.74 Å². The Hall–Kier alpha value is -3.11. The number of aliphatic hydroxyl groups excluding tert-OH is 1. The minimum atomic E-state index is -4.43. The number of carbonyl (C=O) groups is 2. The maximum atomic E-state index is 12.8. The molecule has 2 heterocycles. The lowest BCUT2D eigenvalue weighted by Crippen LogP contribution is -2.46. The molecule has 2 aliphatic rings. The zero-order valence-electron chi connectivity index (χ0n) is 18.3. The predicted octanol–water partition coefficient (Wildman–Crippen LogP) is 2.34. The van der Waals surface area contributed by atoms with Crippen LogP contribution in [0.5, 0.6) is 0 Å². The SMILES string of the molecule is O=C(NCCc1cccc(C(F)(F)F)c1)C(=O)NCCc1ccc2c(c1)[C@H]1C[C@@H](N2)[C@H](O)CO1. The lowest BCUT2D eigenvalue weighted by Gasteiger charge is -2.40. The molecule has 1 fully saturated rings. The number of aliphatic hydroxyl groups is 1. The van der Waals surface area contributed by atoms with E-state index >= 15 is 0 Å². The summed E-state index contributed by atoms with van der Waals surface area (Å²) in [6.07, 6.45) is -3.67. The van der Waals surface area contributed by atoms with Crippen molar-refractivity contribution in [3.8, 4) is 0 Å². The summed E-state index contributed by atoms with van der Waals surface area (Å²) in [6.45, 7) is 0.576. The van der Waals surface area contributed by atoms with E-state index in [9.17, 15) is 27.9 Å². The summed E-state index contributed by atoms with van der Waals surface area (Å²) in [7, 11) is 0. The number of rotatable bonds is 6. The van der Waals surface area contributed by atoms with Crippen LogP contribution in [0.25, 0.3) is 0 Å². The quantitative estimate of drug-likeness (QED) is 0.479. The summed E-state index contributed by atoms with van der Waals surface area (Å²) in [5.41, 5.74) is 2.57. The first-order chi connectivity index (χ1) is 16.2. The van der Waals surface area contributed by atoms with E-state index < -0.39 is 29.7 Å². The van der Waals surface area contributed by atoms with Gasteiger partial charge in [0.1, 0.15) is 0 Å². The third-order valence-electron chi connectivity index (χ3n) is 6.06. The van der Waals surface area contributed by atoms with Gasteiger partial charge in [-0.2, -0.15) is 13.2 Å². The second-order valence-electron chi connectivity index (χ2n) is 8.51. The average molecular weight is 477 g/mol. The van der Waals surface area contributed by atoms with Gasteiger partial charge in [-0.25, -0.2) is 0 Å². The van der Waals surface area contributed by atoms with Crippen molar-refractivity contribution in [2.75, 3.05) is 25.0 Å². The molecule has 0 unspecified atom stereocenters. The number of anilines is 1. The molecule has 2 bridgehead atoms. The van der Waals surface area contributed by atoms with Crippen LogP contribution in [0.3, 0.4) is 0 Å². The predicted molar refractivity (Wildman–Crippen MR) is 118 cm³/mol.